The second-order valence-corrected chi connectivity index (χ2v) is 3.34. The Hall–Kier alpha value is 0.460. The van der Waals surface area contributed by atoms with Crippen LogP contribution in [0.1, 0.15) is 0 Å². The highest BCUT2D eigenvalue weighted by molar-refractivity contribution is 9.11. The number of hydrogen-bond donors (Lipinski definition) is 0. The van der Waals surface area contributed by atoms with Gasteiger partial charge in [-0.3, -0.25) is 0 Å². The molecule has 0 aromatic carbocycles. The van der Waals surface area contributed by atoms with Gasteiger partial charge >= 0.3 is 0 Å². The summed E-state index contributed by atoms with van der Waals surface area (Å²) < 4.78 is 3.11. The molecule has 9 heavy (non-hydrogen) atoms. The summed E-state index contributed by atoms with van der Waals surface area (Å²) in [7, 11) is 1.82. The molecule has 1 aromatic rings. The van der Waals surface area contributed by atoms with Crippen molar-refractivity contribution in [2.75, 3.05) is 0 Å². The van der Waals surface area contributed by atoms with Gasteiger partial charge in [0.25, 0.3) is 0 Å². The molecule has 0 aliphatic heterocycles. The number of hydrogen-bond acceptors (Lipinski definition) is 1. The lowest BCUT2D eigenvalue weighted by atomic mass is 10.9. The van der Waals surface area contributed by atoms with Gasteiger partial charge in [-0.2, -0.15) is 0 Å². The third-order valence-corrected chi connectivity index (χ3v) is 2.85. The summed E-state index contributed by atoms with van der Waals surface area (Å²) in [5.41, 5.74) is 0. The summed E-state index contributed by atoms with van der Waals surface area (Å²) >= 11 is 12.1. The SMILES string of the molecule is Cn1c(Br)nc(Br)c1Cl. The smallest absolute Gasteiger partial charge is 0.179 e. The molecule has 2 nitrogen and oxygen atoms in total. The van der Waals surface area contributed by atoms with Gasteiger partial charge in [0, 0.05) is 7.05 Å². The molecule has 0 saturated carbocycles. The van der Waals surface area contributed by atoms with Crippen molar-refractivity contribution < 1.29 is 0 Å². The lowest BCUT2D eigenvalue weighted by Crippen LogP contribution is -1.85. The molecule has 1 heterocycles. The monoisotopic (exact) mass is 272 g/mol. The van der Waals surface area contributed by atoms with Crippen LogP contribution in [0.3, 0.4) is 0 Å². The average Bonchev–Trinajstić information content (AvgIpc) is 1.98. The van der Waals surface area contributed by atoms with Crippen molar-refractivity contribution in [1.82, 2.24) is 9.55 Å². The van der Waals surface area contributed by atoms with E-state index in [0.29, 0.717) is 9.76 Å². The van der Waals surface area contributed by atoms with Crippen LogP contribution in [0, 0.1) is 0 Å². The standard InChI is InChI=1S/C4H3Br2ClN2/c1-9-3(7)2(5)8-4(9)6/h1H3. The topological polar surface area (TPSA) is 17.8 Å². The molecular formula is C4H3Br2ClN2. The Kier molecular flexibility index (Phi) is 2.18. The van der Waals surface area contributed by atoms with Crippen molar-refractivity contribution in [2.24, 2.45) is 7.05 Å². The maximum atomic E-state index is 5.72. The molecule has 1 rings (SSSR count). The molecule has 50 valence electrons. The first-order valence-corrected chi connectivity index (χ1v) is 4.12. The highest BCUT2D eigenvalue weighted by Gasteiger charge is 2.06. The first-order chi connectivity index (χ1) is 4.13. The average molecular weight is 274 g/mol. The lowest BCUT2D eigenvalue weighted by molar-refractivity contribution is 0.882. The van der Waals surface area contributed by atoms with Gasteiger partial charge in [-0.15, -0.1) is 0 Å². The molecule has 0 radical (unpaired) electrons. The highest BCUT2D eigenvalue weighted by atomic mass is 79.9. The summed E-state index contributed by atoms with van der Waals surface area (Å²) in [6, 6.07) is 0. The van der Waals surface area contributed by atoms with E-state index in [1.165, 1.54) is 0 Å². The van der Waals surface area contributed by atoms with Gasteiger partial charge in [0.1, 0.15) is 9.76 Å². The zero-order valence-electron chi connectivity index (χ0n) is 4.53. The third kappa shape index (κ3) is 1.30. The second-order valence-electron chi connectivity index (χ2n) is 1.52. The first kappa shape index (κ1) is 7.57. The van der Waals surface area contributed by atoms with E-state index in [2.05, 4.69) is 36.8 Å². The Labute approximate surface area is 74.5 Å². The van der Waals surface area contributed by atoms with Crippen LogP contribution >= 0.6 is 43.5 Å². The molecule has 0 saturated heterocycles. The van der Waals surface area contributed by atoms with Crippen LogP contribution in [-0.2, 0) is 7.05 Å². The molecule has 0 amide bonds. The maximum Gasteiger partial charge on any atom is 0.179 e. The van der Waals surface area contributed by atoms with Crippen LogP contribution in [0.15, 0.2) is 9.34 Å². The van der Waals surface area contributed by atoms with E-state index < -0.39 is 0 Å². The van der Waals surface area contributed by atoms with E-state index in [1.807, 2.05) is 7.05 Å². The largest absolute Gasteiger partial charge is 0.312 e. The Morgan fingerprint density at radius 2 is 2.11 bits per heavy atom. The molecule has 0 fully saturated rings. The van der Waals surface area contributed by atoms with Gasteiger partial charge in [0.05, 0.1) is 0 Å². The molecule has 0 atom stereocenters. The van der Waals surface area contributed by atoms with E-state index >= 15 is 0 Å². The van der Waals surface area contributed by atoms with E-state index in [-0.39, 0.29) is 0 Å². The molecule has 5 heteroatoms. The van der Waals surface area contributed by atoms with Gasteiger partial charge in [-0.25, -0.2) is 4.98 Å². The molecule has 1 aromatic heterocycles. The summed E-state index contributed by atoms with van der Waals surface area (Å²) in [5, 5.41) is 0.599. The summed E-state index contributed by atoms with van der Waals surface area (Å²) in [6.45, 7) is 0. The minimum atomic E-state index is 0.599. The second kappa shape index (κ2) is 2.60. The van der Waals surface area contributed by atoms with Gasteiger partial charge < -0.3 is 4.57 Å². The molecule has 0 bridgehead atoms. The molecule has 0 N–H and O–H groups in total. The summed E-state index contributed by atoms with van der Waals surface area (Å²) in [5.74, 6) is 0. The zero-order chi connectivity index (χ0) is 7.02. The molecule has 0 unspecified atom stereocenters. The van der Waals surface area contributed by atoms with Gasteiger partial charge in [-0.05, 0) is 31.9 Å². The van der Waals surface area contributed by atoms with Crippen LogP contribution in [0.2, 0.25) is 5.15 Å². The van der Waals surface area contributed by atoms with Crippen LogP contribution in [0.5, 0.6) is 0 Å². The fourth-order valence-electron chi connectivity index (χ4n) is 0.422. The van der Waals surface area contributed by atoms with E-state index in [9.17, 15) is 0 Å². The lowest BCUT2D eigenvalue weighted by Gasteiger charge is -1.90. The van der Waals surface area contributed by atoms with Crippen LogP contribution < -0.4 is 0 Å². The normalized spacial score (nSPS) is 10.2. The van der Waals surface area contributed by atoms with E-state index in [1.54, 1.807) is 4.57 Å². The number of aromatic nitrogens is 2. The van der Waals surface area contributed by atoms with Gasteiger partial charge in [0.15, 0.2) is 4.73 Å². The molecular weight excluding hydrogens is 271 g/mol. The molecule has 0 aliphatic carbocycles. The van der Waals surface area contributed by atoms with Crippen LogP contribution in [0.4, 0.5) is 0 Å². The van der Waals surface area contributed by atoms with E-state index in [4.69, 9.17) is 11.6 Å². The Morgan fingerprint density at radius 3 is 2.22 bits per heavy atom. The fourth-order valence-corrected chi connectivity index (χ4v) is 1.67. The number of rotatable bonds is 0. The predicted molar refractivity (Wildman–Crippen MR) is 43.6 cm³/mol. The minimum absolute atomic E-state index is 0.599. The van der Waals surface area contributed by atoms with E-state index in [0.717, 1.165) is 4.73 Å². The Morgan fingerprint density at radius 1 is 1.56 bits per heavy atom. The number of halogens is 3. The van der Waals surface area contributed by atoms with Gasteiger partial charge in [0.2, 0.25) is 0 Å². The quantitative estimate of drug-likeness (QED) is 0.711. The minimum Gasteiger partial charge on any atom is -0.312 e. The summed E-state index contributed by atoms with van der Waals surface area (Å²) in [4.78, 5) is 3.97. The van der Waals surface area contributed by atoms with Crippen LogP contribution in [-0.4, -0.2) is 9.55 Å². The maximum absolute atomic E-state index is 5.72. The zero-order valence-corrected chi connectivity index (χ0v) is 8.46. The predicted octanol–water partition coefficient (Wildman–Crippen LogP) is 2.60. The molecule has 0 spiro atoms. The van der Waals surface area contributed by atoms with Crippen molar-refractivity contribution in [1.29, 1.82) is 0 Å². The number of nitrogens with zero attached hydrogens (tertiary/aromatic N) is 2. The Bertz CT molecular complexity index is 210. The van der Waals surface area contributed by atoms with Crippen molar-refractivity contribution in [3.63, 3.8) is 0 Å². The van der Waals surface area contributed by atoms with Crippen molar-refractivity contribution in [3.8, 4) is 0 Å². The third-order valence-electron chi connectivity index (χ3n) is 0.932. The number of imidazole rings is 1. The van der Waals surface area contributed by atoms with Gasteiger partial charge in [-0.1, -0.05) is 11.6 Å². The fraction of sp³-hybridized carbons (Fsp3) is 0.250. The molecule has 0 aliphatic rings. The Balaban J connectivity index is 3.29. The van der Waals surface area contributed by atoms with Crippen molar-refractivity contribution >= 4 is 43.5 Å². The first-order valence-electron chi connectivity index (χ1n) is 2.16. The highest BCUT2D eigenvalue weighted by Crippen LogP contribution is 2.24. The van der Waals surface area contributed by atoms with Crippen molar-refractivity contribution in [3.05, 3.63) is 14.5 Å². The van der Waals surface area contributed by atoms with Crippen LogP contribution in [0.25, 0.3) is 0 Å². The summed E-state index contributed by atoms with van der Waals surface area (Å²) in [6.07, 6.45) is 0. The van der Waals surface area contributed by atoms with Crippen molar-refractivity contribution in [2.45, 2.75) is 0 Å².